The summed E-state index contributed by atoms with van der Waals surface area (Å²) in [5.41, 5.74) is 0.0743. The second-order valence-corrected chi connectivity index (χ2v) is 9.69. The molecule has 0 atom stereocenters. The van der Waals surface area contributed by atoms with E-state index in [-0.39, 0.29) is 21.0 Å². The first-order valence-corrected chi connectivity index (χ1v) is 11.1. The van der Waals surface area contributed by atoms with Gasteiger partial charge in [0.1, 0.15) is 0 Å². The van der Waals surface area contributed by atoms with E-state index in [1.165, 1.54) is 52.8 Å². The average Bonchev–Trinajstić information content (AvgIpc) is 3.17. The highest BCUT2D eigenvalue weighted by Crippen LogP contribution is 2.24. The molecule has 10 heteroatoms. The number of benzene rings is 2. The van der Waals surface area contributed by atoms with Crippen LogP contribution in [0.15, 0.2) is 58.3 Å². The Bertz CT molecular complexity index is 1060. The molecule has 0 aromatic heterocycles. The van der Waals surface area contributed by atoms with Crippen molar-refractivity contribution in [1.82, 2.24) is 4.31 Å². The van der Waals surface area contributed by atoms with Gasteiger partial charge in [-0.3, -0.25) is 4.72 Å². The molecule has 0 unspecified atom stereocenters. The third-order valence-corrected chi connectivity index (χ3v) is 7.49. The predicted octanol–water partition coefficient (Wildman–Crippen LogP) is 1.97. The van der Waals surface area contributed by atoms with Crippen LogP contribution >= 0.6 is 0 Å². The van der Waals surface area contributed by atoms with Gasteiger partial charge in [-0.15, -0.1) is 0 Å². The molecule has 0 spiro atoms. The summed E-state index contributed by atoms with van der Waals surface area (Å²) in [6.07, 6.45) is 1.61. The van der Waals surface area contributed by atoms with Crippen LogP contribution in [0.25, 0.3) is 0 Å². The fourth-order valence-electron chi connectivity index (χ4n) is 2.79. The molecule has 0 aliphatic carbocycles. The van der Waals surface area contributed by atoms with Crippen molar-refractivity contribution in [3.05, 3.63) is 54.1 Å². The van der Waals surface area contributed by atoms with E-state index in [4.69, 9.17) is 5.11 Å². The van der Waals surface area contributed by atoms with Crippen LogP contribution in [0.4, 0.5) is 5.69 Å². The third kappa shape index (κ3) is 4.12. The van der Waals surface area contributed by atoms with Crippen LogP contribution in [0.2, 0.25) is 0 Å². The Morgan fingerprint density at radius 3 is 2.15 bits per heavy atom. The number of carboxylic acid groups (broad SMARTS) is 1. The third-order valence-electron chi connectivity index (χ3n) is 4.20. The van der Waals surface area contributed by atoms with Crippen molar-refractivity contribution in [3.63, 3.8) is 0 Å². The number of nitrogens with zero attached hydrogens (tertiary/aromatic N) is 1. The van der Waals surface area contributed by atoms with Crippen LogP contribution < -0.4 is 4.72 Å². The fraction of sp³-hybridized carbons (Fsp3) is 0.235. The average molecular weight is 410 g/mol. The molecule has 0 bridgehead atoms. The van der Waals surface area contributed by atoms with Gasteiger partial charge in [0.2, 0.25) is 10.0 Å². The van der Waals surface area contributed by atoms with E-state index in [2.05, 4.69) is 4.72 Å². The largest absolute Gasteiger partial charge is 0.478 e. The van der Waals surface area contributed by atoms with Gasteiger partial charge in [0.05, 0.1) is 21.0 Å². The number of hydrogen-bond acceptors (Lipinski definition) is 5. The minimum atomic E-state index is -3.99. The molecule has 1 fully saturated rings. The minimum Gasteiger partial charge on any atom is -0.478 e. The number of carboxylic acids is 1. The van der Waals surface area contributed by atoms with Crippen molar-refractivity contribution >= 4 is 31.7 Å². The lowest BCUT2D eigenvalue weighted by Crippen LogP contribution is -2.27. The lowest BCUT2D eigenvalue weighted by atomic mass is 10.2. The summed E-state index contributed by atoms with van der Waals surface area (Å²) in [5, 5.41) is 8.88. The molecule has 1 saturated heterocycles. The Morgan fingerprint density at radius 1 is 0.926 bits per heavy atom. The summed E-state index contributed by atoms with van der Waals surface area (Å²) in [4.78, 5) is 10.8. The van der Waals surface area contributed by atoms with Gasteiger partial charge in [0.15, 0.2) is 0 Å². The zero-order valence-electron chi connectivity index (χ0n) is 14.2. The number of carbonyl (C=O) groups is 1. The van der Waals surface area contributed by atoms with E-state index >= 15 is 0 Å². The summed E-state index contributed by atoms with van der Waals surface area (Å²) >= 11 is 0. The van der Waals surface area contributed by atoms with Gasteiger partial charge in [-0.2, -0.15) is 4.31 Å². The Hall–Kier alpha value is -2.43. The molecule has 27 heavy (non-hydrogen) atoms. The molecule has 0 amide bonds. The number of hydrogen-bond donors (Lipinski definition) is 2. The van der Waals surface area contributed by atoms with E-state index in [0.29, 0.717) is 13.1 Å². The maximum atomic E-state index is 12.6. The zero-order chi connectivity index (χ0) is 19.7. The monoisotopic (exact) mass is 410 g/mol. The first-order valence-electron chi connectivity index (χ1n) is 8.16. The molecular weight excluding hydrogens is 392 g/mol. The van der Waals surface area contributed by atoms with Gasteiger partial charge in [-0.1, -0.05) is 6.07 Å². The van der Waals surface area contributed by atoms with Crippen molar-refractivity contribution in [2.24, 2.45) is 0 Å². The first-order chi connectivity index (χ1) is 12.7. The molecule has 2 N–H and O–H groups in total. The van der Waals surface area contributed by atoms with Crippen molar-refractivity contribution in [1.29, 1.82) is 0 Å². The van der Waals surface area contributed by atoms with Crippen LogP contribution in [0.3, 0.4) is 0 Å². The summed E-state index contributed by atoms with van der Waals surface area (Å²) < 4.78 is 53.9. The van der Waals surface area contributed by atoms with Crippen molar-refractivity contribution < 1.29 is 26.7 Å². The number of aromatic carboxylic acids is 1. The summed E-state index contributed by atoms with van der Waals surface area (Å²) in [6.45, 7) is 0.905. The van der Waals surface area contributed by atoms with Crippen LogP contribution in [-0.2, 0) is 20.0 Å². The highest BCUT2D eigenvalue weighted by Gasteiger charge is 2.27. The Morgan fingerprint density at radius 2 is 1.56 bits per heavy atom. The maximum Gasteiger partial charge on any atom is 0.335 e. The van der Waals surface area contributed by atoms with Crippen LogP contribution in [0, 0.1) is 0 Å². The second kappa shape index (κ2) is 7.29. The van der Waals surface area contributed by atoms with Gasteiger partial charge < -0.3 is 5.11 Å². The van der Waals surface area contributed by atoms with E-state index < -0.39 is 26.0 Å². The highest BCUT2D eigenvalue weighted by atomic mass is 32.2. The Labute approximate surface area is 157 Å². The fourth-order valence-corrected chi connectivity index (χ4v) is 5.40. The SMILES string of the molecule is O=C(O)c1ccc(S(=O)(=O)Nc2cccc(S(=O)(=O)N3CCCC3)c2)cc1. The van der Waals surface area contributed by atoms with Crippen molar-refractivity contribution in [3.8, 4) is 0 Å². The zero-order valence-corrected chi connectivity index (χ0v) is 15.8. The number of anilines is 1. The maximum absolute atomic E-state index is 12.6. The standard InChI is InChI=1S/C17H18N2O6S2/c20-17(21)13-6-8-15(9-7-13)26(22,23)18-14-4-3-5-16(12-14)27(24,25)19-10-1-2-11-19/h3-9,12,18H,1-2,10-11H2,(H,20,21). The Kier molecular flexibility index (Phi) is 5.22. The topological polar surface area (TPSA) is 121 Å². The molecule has 1 aliphatic rings. The molecule has 0 radical (unpaired) electrons. The molecule has 144 valence electrons. The van der Waals surface area contributed by atoms with Crippen LogP contribution in [0.1, 0.15) is 23.2 Å². The normalized spacial score (nSPS) is 15.6. The van der Waals surface area contributed by atoms with E-state index in [1.54, 1.807) is 0 Å². The number of rotatable bonds is 6. The van der Waals surface area contributed by atoms with Gasteiger partial charge in [-0.05, 0) is 55.3 Å². The predicted molar refractivity (Wildman–Crippen MR) is 98.6 cm³/mol. The molecule has 8 nitrogen and oxygen atoms in total. The van der Waals surface area contributed by atoms with E-state index in [1.807, 2.05) is 0 Å². The summed E-state index contributed by atoms with van der Waals surface area (Å²) in [6, 6.07) is 10.3. The molecule has 2 aromatic rings. The summed E-state index contributed by atoms with van der Waals surface area (Å²) in [7, 11) is -7.65. The second-order valence-electron chi connectivity index (χ2n) is 6.07. The smallest absolute Gasteiger partial charge is 0.335 e. The molecular formula is C17H18N2O6S2. The first kappa shape index (κ1) is 19.3. The molecule has 1 aliphatic heterocycles. The summed E-state index contributed by atoms with van der Waals surface area (Å²) in [5.74, 6) is -1.16. The van der Waals surface area contributed by atoms with Crippen LogP contribution in [-0.4, -0.2) is 45.3 Å². The molecule has 1 heterocycles. The highest BCUT2D eigenvalue weighted by molar-refractivity contribution is 7.92. The van der Waals surface area contributed by atoms with Gasteiger partial charge in [0.25, 0.3) is 10.0 Å². The molecule has 2 aromatic carbocycles. The lowest BCUT2D eigenvalue weighted by Gasteiger charge is -2.16. The van der Waals surface area contributed by atoms with Crippen LogP contribution in [0.5, 0.6) is 0 Å². The Balaban J connectivity index is 1.86. The van der Waals surface area contributed by atoms with Gasteiger partial charge >= 0.3 is 5.97 Å². The molecule has 3 rings (SSSR count). The minimum absolute atomic E-state index is 0.0193. The van der Waals surface area contributed by atoms with Crippen molar-refractivity contribution in [2.45, 2.75) is 22.6 Å². The van der Waals surface area contributed by atoms with E-state index in [9.17, 15) is 21.6 Å². The number of nitrogens with one attached hydrogen (secondary N) is 1. The van der Waals surface area contributed by atoms with Gasteiger partial charge in [0, 0.05) is 13.1 Å². The van der Waals surface area contributed by atoms with Crippen molar-refractivity contribution in [2.75, 3.05) is 17.8 Å². The van der Waals surface area contributed by atoms with Gasteiger partial charge in [-0.25, -0.2) is 21.6 Å². The quantitative estimate of drug-likeness (QED) is 0.751. The lowest BCUT2D eigenvalue weighted by molar-refractivity contribution is 0.0696. The van der Waals surface area contributed by atoms with E-state index in [0.717, 1.165) is 12.8 Å². The number of sulfonamides is 2. The molecule has 0 saturated carbocycles.